The Labute approximate surface area is 255 Å². The van der Waals surface area contributed by atoms with Gasteiger partial charge in [-0.3, -0.25) is 9.59 Å². The molecule has 1 amide bonds. The summed E-state index contributed by atoms with van der Waals surface area (Å²) in [7, 11) is 3.28. The minimum atomic E-state index is -1.17. The number of carboxylic acids is 1. The number of amides is 1. The number of aliphatic hydroxyl groups excluding tert-OH is 2. The van der Waals surface area contributed by atoms with Crippen molar-refractivity contribution in [1.29, 1.82) is 0 Å². The average Bonchev–Trinajstić information content (AvgIpc) is 3.27. The van der Waals surface area contributed by atoms with Crippen molar-refractivity contribution in [3.63, 3.8) is 0 Å². The molecule has 0 aliphatic carbocycles. The molecular formula is C29H37FN3NaO6. The molecule has 1 heterocycles. The van der Waals surface area contributed by atoms with Crippen molar-refractivity contribution in [2.45, 2.75) is 64.2 Å². The summed E-state index contributed by atoms with van der Waals surface area (Å²) < 4.78 is 20.5. The van der Waals surface area contributed by atoms with Gasteiger partial charge in [-0.25, -0.2) is 9.07 Å². The SMILES string of the molecule is COc1ccc(CN(C)C(=O)c2nn(-c3ccc(F)cc3)c(CC[C@@H](O)C[C@@H](O)CC(=O)O)c2C(C)C)cc1.[NaH]. The quantitative estimate of drug-likeness (QED) is 0.272. The first-order valence-electron chi connectivity index (χ1n) is 12.8. The van der Waals surface area contributed by atoms with Gasteiger partial charge in [-0.2, -0.15) is 5.10 Å². The summed E-state index contributed by atoms with van der Waals surface area (Å²) in [6, 6.07) is 13.2. The summed E-state index contributed by atoms with van der Waals surface area (Å²) in [5.74, 6) is -1.22. The number of carboxylic acid groups (broad SMARTS) is 1. The first-order chi connectivity index (χ1) is 18.5. The Morgan fingerprint density at radius 2 is 1.68 bits per heavy atom. The van der Waals surface area contributed by atoms with Crippen LogP contribution in [-0.4, -0.2) is 97.8 Å². The molecule has 3 rings (SSSR count). The third-order valence-corrected chi connectivity index (χ3v) is 6.47. The van der Waals surface area contributed by atoms with Crippen molar-refractivity contribution >= 4 is 41.4 Å². The van der Waals surface area contributed by atoms with Crippen LogP contribution in [0.1, 0.15) is 66.3 Å². The van der Waals surface area contributed by atoms with Crippen LogP contribution in [0.15, 0.2) is 48.5 Å². The van der Waals surface area contributed by atoms with E-state index in [4.69, 9.17) is 9.84 Å². The fourth-order valence-corrected chi connectivity index (χ4v) is 4.54. The number of carbonyl (C=O) groups is 2. The van der Waals surface area contributed by atoms with Gasteiger partial charge in [0.05, 0.1) is 31.4 Å². The van der Waals surface area contributed by atoms with Crippen LogP contribution in [0.4, 0.5) is 4.39 Å². The van der Waals surface area contributed by atoms with Crippen LogP contribution < -0.4 is 4.74 Å². The van der Waals surface area contributed by atoms with Gasteiger partial charge in [0, 0.05) is 24.8 Å². The summed E-state index contributed by atoms with van der Waals surface area (Å²) in [6.07, 6.45) is -2.18. The normalized spacial score (nSPS) is 12.5. The zero-order valence-electron chi connectivity index (χ0n) is 22.7. The maximum atomic E-state index is 13.7. The number of hydrogen-bond donors (Lipinski definition) is 3. The molecule has 0 unspecified atom stereocenters. The van der Waals surface area contributed by atoms with E-state index in [1.54, 1.807) is 35.9 Å². The Balaban J connectivity index is 0.00000560. The molecule has 9 nitrogen and oxygen atoms in total. The number of methoxy groups -OCH3 is 1. The van der Waals surface area contributed by atoms with E-state index in [0.29, 0.717) is 29.9 Å². The molecule has 40 heavy (non-hydrogen) atoms. The fraction of sp³-hybridized carbons (Fsp3) is 0.414. The first-order valence-corrected chi connectivity index (χ1v) is 12.8. The van der Waals surface area contributed by atoms with E-state index in [2.05, 4.69) is 5.10 Å². The molecule has 0 spiro atoms. The number of aliphatic hydroxyl groups is 2. The van der Waals surface area contributed by atoms with Crippen molar-refractivity contribution in [2.75, 3.05) is 14.2 Å². The molecule has 212 valence electrons. The molecule has 3 N–H and O–H groups in total. The van der Waals surface area contributed by atoms with Gasteiger partial charge >= 0.3 is 35.5 Å². The molecule has 1 aromatic heterocycles. The van der Waals surface area contributed by atoms with Crippen LogP contribution in [-0.2, 0) is 17.8 Å². The second-order valence-electron chi connectivity index (χ2n) is 9.94. The topological polar surface area (TPSA) is 125 Å². The second kappa shape index (κ2) is 15.3. The zero-order valence-corrected chi connectivity index (χ0v) is 22.7. The molecular weight excluding hydrogens is 528 g/mol. The van der Waals surface area contributed by atoms with Crippen molar-refractivity contribution in [2.24, 2.45) is 0 Å². The standard InChI is InChI=1S/C29H36FN3O6.Na.H/c1-18(2)27-25(14-11-22(34)15-23(35)16-26(36)37)33(21-9-7-20(30)8-10-21)31-28(27)29(38)32(3)17-19-5-12-24(39-4)13-6-19;;/h5-10,12-13,18,22-23,34-35H,11,14-17H2,1-4H3,(H,36,37);;/t22-,23-;;/m1../s1. The van der Waals surface area contributed by atoms with E-state index in [0.717, 1.165) is 11.3 Å². The monoisotopic (exact) mass is 565 g/mol. The maximum absolute atomic E-state index is 13.7. The van der Waals surface area contributed by atoms with Crippen LogP contribution >= 0.6 is 0 Å². The first kappa shape index (κ1) is 33.4. The fourth-order valence-electron chi connectivity index (χ4n) is 4.54. The molecule has 11 heteroatoms. The van der Waals surface area contributed by atoms with E-state index < -0.39 is 30.4 Å². The third kappa shape index (κ3) is 8.87. The predicted octanol–water partition coefficient (Wildman–Crippen LogP) is 3.29. The number of carbonyl (C=O) groups excluding carboxylic acids is 1. The summed E-state index contributed by atoms with van der Waals surface area (Å²) in [5, 5.41) is 34.0. The molecule has 2 atom stereocenters. The van der Waals surface area contributed by atoms with Crippen LogP contribution in [0.5, 0.6) is 5.75 Å². The average molecular weight is 566 g/mol. The van der Waals surface area contributed by atoms with E-state index in [1.807, 2.05) is 38.1 Å². The van der Waals surface area contributed by atoms with Crippen LogP contribution in [0.2, 0.25) is 0 Å². The summed E-state index contributed by atoms with van der Waals surface area (Å²) in [5.41, 5.74) is 3.14. The van der Waals surface area contributed by atoms with E-state index in [-0.39, 0.29) is 59.9 Å². The summed E-state index contributed by atoms with van der Waals surface area (Å²) in [4.78, 5) is 26.1. The Hall–Kier alpha value is -2.76. The van der Waals surface area contributed by atoms with E-state index >= 15 is 0 Å². The number of rotatable bonds is 13. The minimum absolute atomic E-state index is 0. The summed E-state index contributed by atoms with van der Waals surface area (Å²) >= 11 is 0. The number of aliphatic carboxylic acids is 1. The van der Waals surface area contributed by atoms with Crippen molar-refractivity contribution in [3.05, 3.63) is 76.9 Å². The molecule has 0 fully saturated rings. The Kier molecular flexibility index (Phi) is 12.8. The van der Waals surface area contributed by atoms with E-state index in [9.17, 15) is 24.2 Å². The van der Waals surface area contributed by atoms with Gasteiger partial charge in [0.15, 0.2) is 5.69 Å². The van der Waals surface area contributed by atoms with Gasteiger partial charge in [0.1, 0.15) is 11.6 Å². The number of benzene rings is 2. The Morgan fingerprint density at radius 1 is 1.05 bits per heavy atom. The van der Waals surface area contributed by atoms with Gasteiger partial charge in [-0.1, -0.05) is 26.0 Å². The molecule has 0 aliphatic heterocycles. The van der Waals surface area contributed by atoms with Crippen molar-refractivity contribution in [3.8, 4) is 11.4 Å². The molecule has 0 saturated heterocycles. The second-order valence-corrected chi connectivity index (χ2v) is 9.94. The molecule has 3 aromatic rings. The Morgan fingerprint density at radius 3 is 2.23 bits per heavy atom. The van der Waals surface area contributed by atoms with Crippen molar-refractivity contribution in [1.82, 2.24) is 14.7 Å². The zero-order chi connectivity index (χ0) is 28.7. The van der Waals surface area contributed by atoms with Gasteiger partial charge in [-0.05, 0) is 67.1 Å². The molecule has 0 bridgehead atoms. The summed E-state index contributed by atoms with van der Waals surface area (Å²) in [6.45, 7) is 4.24. The van der Waals surface area contributed by atoms with Gasteiger partial charge < -0.3 is 25.0 Å². The molecule has 2 aromatic carbocycles. The van der Waals surface area contributed by atoms with Crippen LogP contribution in [0.25, 0.3) is 5.69 Å². The number of halogens is 1. The number of hydrogen-bond acceptors (Lipinski definition) is 6. The van der Waals surface area contributed by atoms with Crippen LogP contribution in [0, 0.1) is 5.82 Å². The van der Waals surface area contributed by atoms with Crippen LogP contribution in [0.3, 0.4) is 0 Å². The van der Waals surface area contributed by atoms with Gasteiger partial charge in [0.25, 0.3) is 5.91 Å². The number of aromatic nitrogens is 2. The van der Waals surface area contributed by atoms with E-state index in [1.165, 1.54) is 12.1 Å². The van der Waals surface area contributed by atoms with Gasteiger partial charge in [-0.15, -0.1) is 0 Å². The molecule has 0 saturated carbocycles. The predicted molar refractivity (Wildman–Crippen MR) is 151 cm³/mol. The number of ether oxygens (including phenoxy) is 1. The third-order valence-electron chi connectivity index (χ3n) is 6.47. The van der Waals surface area contributed by atoms with Gasteiger partial charge in [0.2, 0.25) is 0 Å². The Bertz CT molecular complexity index is 1260. The van der Waals surface area contributed by atoms with Crippen molar-refractivity contribution < 1.29 is 34.0 Å². The number of nitrogens with zero attached hydrogens (tertiary/aromatic N) is 3. The molecule has 0 aliphatic rings. The molecule has 0 radical (unpaired) electrons.